The van der Waals surface area contributed by atoms with Crippen LogP contribution in [-0.2, 0) is 10.5 Å². The molecule has 1 aliphatic rings. The van der Waals surface area contributed by atoms with Gasteiger partial charge in [0.1, 0.15) is 0 Å². The molecule has 3 nitrogen and oxygen atoms in total. The number of hydrogen-bond acceptors (Lipinski definition) is 3. The van der Waals surface area contributed by atoms with Crippen molar-refractivity contribution < 1.29 is 4.79 Å². The number of carbonyl (C=O) groups is 1. The molecule has 6 heteroatoms. The van der Waals surface area contributed by atoms with Gasteiger partial charge >= 0.3 is 0 Å². The molecule has 0 aromatic heterocycles. The summed E-state index contributed by atoms with van der Waals surface area (Å²) in [5, 5.41) is 1.48. The topological polar surface area (TPSA) is 23.6 Å². The first-order valence-electron chi connectivity index (χ1n) is 8.22. The molecule has 2 aromatic carbocycles. The smallest absolute Gasteiger partial charge is 0.232 e. The van der Waals surface area contributed by atoms with Gasteiger partial charge in [-0.15, -0.1) is 11.8 Å². The highest BCUT2D eigenvalue weighted by Gasteiger charge is 2.21. The third kappa shape index (κ3) is 5.30. The van der Waals surface area contributed by atoms with Gasteiger partial charge in [0.15, 0.2) is 0 Å². The van der Waals surface area contributed by atoms with Gasteiger partial charge in [-0.3, -0.25) is 4.79 Å². The van der Waals surface area contributed by atoms with Crippen molar-refractivity contribution in [3.63, 3.8) is 0 Å². The lowest BCUT2D eigenvalue weighted by Crippen LogP contribution is -2.49. The van der Waals surface area contributed by atoms with Crippen LogP contribution in [0.2, 0.25) is 10.0 Å². The number of benzene rings is 2. The summed E-state index contributed by atoms with van der Waals surface area (Å²) in [6.07, 6.45) is 0. The highest BCUT2D eigenvalue weighted by molar-refractivity contribution is 7.99. The van der Waals surface area contributed by atoms with Gasteiger partial charge in [0, 0.05) is 47.7 Å². The lowest BCUT2D eigenvalue weighted by Gasteiger charge is -2.36. The molecular weight excluding hydrogens is 375 g/mol. The number of nitrogens with zero attached hydrogens (tertiary/aromatic N) is 2. The third-order valence-electron chi connectivity index (χ3n) is 4.21. The van der Waals surface area contributed by atoms with E-state index in [1.165, 1.54) is 5.56 Å². The Morgan fingerprint density at radius 1 is 0.960 bits per heavy atom. The summed E-state index contributed by atoms with van der Waals surface area (Å²) >= 11 is 13.6. The van der Waals surface area contributed by atoms with E-state index in [1.807, 2.05) is 47.4 Å². The van der Waals surface area contributed by atoms with E-state index in [2.05, 4.69) is 11.0 Å². The van der Waals surface area contributed by atoms with Crippen molar-refractivity contribution in [1.82, 2.24) is 4.90 Å². The van der Waals surface area contributed by atoms with Crippen LogP contribution in [0.1, 0.15) is 5.56 Å². The summed E-state index contributed by atoms with van der Waals surface area (Å²) in [7, 11) is 0. The Labute approximate surface area is 162 Å². The van der Waals surface area contributed by atoms with E-state index in [4.69, 9.17) is 23.2 Å². The quantitative estimate of drug-likeness (QED) is 0.741. The van der Waals surface area contributed by atoms with E-state index in [1.54, 1.807) is 11.8 Å². The van der Waals surface area contributed by atoms with Crippen LogP contribution in [0.3, 0.4) is 0 Å². The minimum Gasteiger partial charge on any atom is -0.368 e. The van der Waals surface area contributed by atoms with Crippen LogP contribution >= 0.6 is 35.0 Å². The van der Waals surface area contributed by atoms with Crippen LogP contribution in [0, 0.1) is 0 Å². The first-order chi connectivity index (χ1) is 12.1. The molecule has 0 unspecified atom stereocenters. The molecular formula is C19H20Cl2N2OS. The van der Waals surface area contributed by atoms with Crippen LogP contribution in [0.5, 0.6) is 0 Å². The van der Waals surface area contributed by atoms with Crippen LogP contribution in [0.25, 0.3) is 0 Å². The summed E-state index contributed by atoms with van der Waals surface area (Å²) in [5.41, 5.74) is 2.31. The lowest BCUT2D eigenvalue weighted by atomic mass is 10.2. The van der Waals surface area contributed by atoms with Crippen molar-refractivity contribution in [3.05, 3.63) is 64.1 Å². The standard InChI is InChI=1S/C19H20Cl2N2OS/c20-16-6-4-15(5-7-16)13-25-14-19(24)23-10-8-22(9-11-23)18-3-1-2-17(21)12-18/h1-7,12H,8-11,13-14H2. The van der Waals surface area contributed by atoms with Crippen LogP contribution in [-0.4, -0.2) is 42.7 Å². The van der Waals surface area contributed by atoms with Crippen molar-refractivity contribution in [1.29, 1.82) is 0 Å². The first kappa shape index (κ1) is 18.4. The van der Waals surface area contributed by atoms with Gasteiger partial charge in [0.2, 0.25) is 5.91 Å². The molecule has 2 aromatic rings. The fraction of sp³-hybridized carbons (Fsp3) is 0.316. The number of carbonyl (C=O) groups excluding carboxylic acids is 1. The predicted molar refractivity (Wildman–Crippen MR) is 108 cm³/mol. The van der Waals surface area contributed by atoms with Gasteiger partial charge in [0.05, 0.1) is 5.75 Å². The number of thioether (sulfide) groups is 1. The minimum absolute atomic E-state index is 0.213. The summed E-state index contributed by atoms with van der Waals surface area (Å²) in [4.78, 5) is 16.6. The van der Waals surface area contributed by atoms with Gasteiger partial charge < -0.3 is 9.80 Å². The van der Waals surface area contributed by atoms with Crippen LogP contribution in [0.4, 0.5) is 5.69 Å². The van der Waals surface area contributed by atoms with Gasteiger partial charge in [-0.25, -0.2) is 0 Å². The van der Waals surface area contributed by atoms with Crippen molar-refractivity contribution >= 4 is 46.6 Å². The average molecular weight is 395 g/mol. The molecule has 0 saturated carbocycles. The van der Waals surface area contributed by atoms with Crippen LogP contribution in [0.15, 0.2) is 48.5 Å². The zero-order chi connectivity index (χ0) is 17.6. The van der Waals surface area contributed by atoms with Gasteiger partial charge in [0.25, 0.3) is 0 Å². The number of anilines is 1. The monoisotopic (exact) mass is 394 g/mol. The first-order valence-corrected chi connectivity index (χ1v) is 10.1. The summed E-state index contributed by atoms with van der Waals surface area (Å²) in [6, 6.07) is 15.6. The number of piperazine rings is 1. The van der Waals surface area contributed by atoms with E-state index < -0.39 is 0 Å². The second-order valence-corrected chi connectivity index (χ2v) is 7.83. The largest absolute Gasteiger partial charge is 0.368 e. The Morgan fingerprint density at radius 2 is 1.68 bits per heavy atom. The molecule has 25 heavy (non-hydrogen) atoms. The SMILES string of the molecule is O=C(CSCc1ccc(Cl)cc1)N1CCN(c2cccc(Cl)c2)CC1. The van der Waals surface area contributed by atoms with Crippen molar-refractivity contribution in [2.24, 2.45) is 0 Å². The second-order valence-electron chi connectivity index (χ2n) is 5.97. The highest BCUT2D eigenvalue weighted by atomic mass is 35.5. The lowest BCUT2D eigenvalue weighted by molar-refractivity contribution is -0.128. The molecule has 0 bridgehead atoms. The Kier molecular flexibility index (Phi) is 6.51. The summed E-state index contributed by atoms with van der Waals surface area (Å²) < 4.78 is 0. The molecule has 1 saturated heterocycles. The average Bonchev–Trinajstić information content (AvgIpc) is 2.63. The maximum absolute atomic E-state index is 12.4. The Balaban J connectivity index is 1.43. The Hall–Kier alpha value is -1.36. The molecule has 1 amide bonds. The fourth-order valence-electron chi connectivity index (χ4n) is 2.81. The van der Waals surface area contributed by atoms with Gasteiger partial charge in [-0.1, -0.05) is 41.4 Å². The second kappa shape index (κ2) is 8.84. The third-order valence-corrected chi connectivity index (χ3v) is 5.69. The molecule has 0 N–H and O–H groups in total. The number of amides is 1. The zero-order valence-electron chi connectivity index (χ0n) is 13.8. The van der Waals surface area contributed by atoms with Crippen molar-refractivity contribution in [2.75, 3.05) is 36.8 Å². The number of halogens is 2. The van der Waals surface area contributed by atoms with E-state index in [0.29, 0.717) is 5.75 Å². The Morgan fingerprint density at radius 3 is 2.36 bits per heavy atom. The minimum atomic E-state index is 0.213. The maximum atomic E-state index is 12.4. The van der Waals surface area contributed by atoms with Crippen LogP contribution < -0.4 is 4.90 Å². The normalized spacial score (nSPS) is 14.6. The zero-order valence-corrected chi connectivity index (χ0v) is 16.2. The van der Waals surface area contributed by atoms with E-state index in [-0.39, 0.29) is 5.91 Å². The number of hydrogen-bond donors (Lipinski definition) is 0. The van der Waals surface area contributed by atoms with Gasteiger partial charge in [-0.05, 0) is 35.9 Å². The van der Waals surface area contributed by atoms with E-state index >= 15 is 0 Å². The highest BCUT2D eigenvalue weighted by Crippen LogP contribution is 2.21. The molecule has 132 valence electrons. The van der Waals surface area contributed by atoms with E-state index in [9.17, 15) is 4.79 Å². The molecule has 0 radical (unpaired) electrons. The molecule has 0 atom stereocenters. The summed E-state index contributed by atoms with van der Waals surface area (Å²) in [6.45, 7) is 3.20. The molecule has 1 aliphatic heterocycles. The fourth-order valence-corrected chi connectivity index (χ4v) is 4.01. The molecule has 3 rings (SSSR count). The van der Waals surface area contributed by atoms with Gasteiger partial charge in [-0.2, -0.15) is 0 Å². The number of rotatable bonds is 5. The van der Waals surface area contributed by atoms with Crippen molar-refractivity contribution in [2.45, 2.75) is 5.75 Å². The van der Waals surface area contributed by atoms with E-state index in [0.717, 1.165) is 47.7 Å². The summed E-state index contributed by atoms with van der Waals surface area (Å²) in [5.74, 6) is 1.55. The molecule has 0 spiro atoms. The van der Waals surface area contributed by atoms with Crippen molar-refractivity contribution in [3.8, 4) is 0 Å². The molecule has 1 heterocycles. The maximum Gasteiger partial charge on any atom is 0.232 e. The molecule has 0 aliphatic carbocycles. The predicted octanol–water partition coefficient (Wildman–Crippen LogP) is 4.58. The Bertz CT molecular complexity index is 716. The molecule has 1 fully saturated rings.